The van der Waals surface area contributed by atoms with Crippen molar-refractivity contribution in [2.24, 2.45) is 0 Å². The standard InChI is InChI=1S/C18H21ClN2O3/c1-21(11-13-10-14(19)4-9-17(13)24-3)12-18(22)20-15-5-7-16(23-2)8-6-15/h4-10H,11-12H2,1-3H3,(H,20,22). The number of benzene rings is 2. The lowest BCUT2D eigenvalue weighted by Crippen LogP contribution is -2.29. The van der Waals surface area contributed by atoms with Crippen molar-refractivity contribution in [1.82, 2.24) is 4.90 Å². The van der Waals surface area contributed by atoms with Gasteiger partial charge >= 0.3 is 0 Å². The molecule has 24 heavy (non-hydrogen) atoms. The van der Waals surface area contributed by atoms with Crippen LogP contribution >= 0.6 is 11.6 Å². The van der Waals surface area contributed by atoms with Crippen LogP contribution in [0.2, 0.25) is 5.02 Å². The van der Waals surface area contributed by atoms with E-state index in [-0.39, 0.29) is 12.5 Å². The summed E-state index contributed by atoms with van der Waals surface area (Å²) in [5.41, 5.74) is 1.67. The number of nitrogens with one attached hydrogen (secondary N) is 1. The Morgan fingerprint density at radius 2 is 1.83 bits per heavy atom. The smallest absolute Gasteiger partial charge is 0.238 e. The Morgan fingerprint density at radius 1 is 1.12 bits per heavy atom. The molecular weight excluding hydrogens is 328 g/mol. The Bertz CT molecular complexity index is 689. The van der Waals surface area contributed by atoms with E-state index in [0.717, 1.165) is 22.7 Å². The largest absolute Gasteiger partial charge is 0.497 e. The molecule has 0 aliphatic rings. The minimum absolute atomic E-state index is 0.0938. The van der Waals surface area contributed by atoms with Crippen molar-refractivity contribution in [3.8, 4) is 11.5 Å². The third-order valence-corrected chi connectivity index (χ3v) is 3.71. The van der Waals surface area contributed by atoms with Crippen molar-refractivity contribution in [3.63, 3.8) is 0 Å². The SMILES string of the molecule is COc1ccc(NC(=O)CN(C)Cc2cc(Cl)ccc2OC)cc1. The van der Waals surface area contributed by atoms with Gasteiger partial charge in [-0.3, -0.25) is 9.69 Å². The van der Waals surface area contributed by atoms with Gasteiger partial charge in [-0.15, -0.1) is 0 Å². The first kappa shape index (κ1) is 18.1. The maximum atomic E-state index is 12.1. The highest BCUT2D eigenvalue weighted by molar-refractivity contribution is 6.30. The van der Waals surface area contributed by atoms with Crippen molar-refractivity contribution < 1.29 is 14.3 Å². The second kappa shape index (κ2) is 8.57. The minimum Gasteiger partial charge on any atom is -0.497 e. The lowest BCUT2D eigenvalue weighted by molar-refractivity contribution is -0.117. The summed E-state index contributed by atoms with van der Waals surface area (Å²) in [5.74, 6) is 1.41. The highest BCUT2D eigenvalue weighted by atomic mass is 35.5. The molecule has 0 aliphatic heterocycles. The number of methoxy groups -OCH3 is 2. The second-order valence-electron chi connectivity index (χ2n) is 5.41. The predicted molar refractivity (Wildman–Crippen MR) is 96.0 cm³/mol. The molecule has 6 heteroatoms. The van der Waals surface area contributed by atoms with E-state index in [4.69, 9.17) is 21.1 Å². The molecule has 0 atom stereocenters. The Hall–Kier alpha value is -2.24. The van der Waals surface area contributed by atoms with E-state index in [9.17, 15) is 4.79 Å². The molecule has 1 N–H and O–H groups in total. The number of halogens is 1. The van der Waals surface area contributed by atoms with Crippen molar-refractivity contribution in [1.29, 1.82) is 0 Å². The topological polar surface area (TPSA) is 50.8 Å². The van der Waals surface area contributed by atoms with Crippen LogP contribution in [0.1, 0.15) is 5.56 Å². The highest BCUT2D eigenvalue weighted by Crippen LogP contribution is 2.23. The lowest BCUT2D eigenvalue weighted by Gasteiger charge is -2.18. The first-order chi connectivity index (χ1) is 11.5. The fraction of sp³-hybridized carbons (Fsp3) is 0.278. The summed E-state index contributed by atoms with van der Waals surface area (Å²) in [6, 6.07) is 12.7. The van der Waals surface area contributed by atoms with Gasteiger partial charge in [0.2, 0.25) is 5.91 Å². The van der Waals surface area contributed by atoms with Crippen molar-refractivity contribution in [3.05, 3.63) is 53.1 Å². The van der Waals surface area contributed by atoms with Gasteiger partial charge in [0.05, 0.1) is 20.8 Å². The van der Waals surface area contributed by atoms with Crippen molar-refractivity contribution >= 4 is 23.2 Å². The van der Waals surface area contributed by atoms with Gasteiger partial charge in [-0.1, -0.05) is 11.6 Å². The molecule has 128 valence electrons. The summed E-state index contributed by atoms with van der Waals surface area (Å²) in [5, 5.41) is 3.50. The van der Waals surface area contributed by atoms with E-state index in [1.807, 2.05) is 24.1 Å². The number of anilines is 1. The van der Waals surface area contributed by atoms with Crippen LogP contribution in [-0.4, -0.2) is 38.6 Å². The van der Waals surface area contributed by atoms with Crippen LogP contribution in [0, 0.1) is 0 Å². The molecule has 0 saturated carbocycles. The summed E-state index contributed by atoms with van der Waals surface area (Å²) in [4.78, 5) is 14.0. The molecule has 1 amide bonds. The molecule has 0 fully saturated rings. The van der Waals surface area contributed by atoms with Gasteiger partial charge in [-0.05, 0) is 49.5 Å². The normalized spacial score (nSPS) is 10.5. The summed E-state index contributed by atoms with van der Waals surface area (Å²) in [6.45, 7) is 0.807. The lowest BCUT2D eigenvalue weighted by atomic mass is 10.2. The zero-order valence-corrected chi connectivity index (χ0v) is 14.8. The van der Waals surface area contributed by atoms with Gasteiger partial charge in [0.25, 0.3) is 0 Å². The Kier molecular flexibility index (Phi) is 6.46. The maximum Gasteiger partial charge on any atom is 0.238 e. The molecular formula is C18H21ClN2O3. The van der Waals surface area contributed by atoms with E-state index in [0.29, 0.717) is 11.6 Å². The summed E-state index contributed by atoms with van der Waals surface area (Å²) in [7, 11) is 5.09. The number of likely N-dealkylation sites (N-methyl/N-ethyl adjacent to an activating group) is 1. The van der Waals surface area contributed by atoms with Gasteiger partial charge in [-0.2, -0.15) is 0 Å². The molecule has 0 bridgehead atoms. The van der Waals surface area contributed by atoms with Gasteiger partial charge in [-0.25, -0.2) is 0 Å². The minimum atomic E-state index is -0.0938. The van der Waals surface area contributed by atoms with Crippen molar-refractivity contribution in [2.75, 3.05) is 33.1 Å². The van der Waals surface area contributed by atoms with Crippen molar-refractivity contribution in [2.45, 2.75) is 6.54 Å². The Labute approximate surface area is 147 Å². The second-order valence-corrected chi connectivity index (χ2v) is 5.84. The zero-order chi connectivity index (χ0) is 17.5. The molecule has 0 heterocycles. The Balaban J connectivity index is 1.92. The average Bonchev–Trinajstić information content (AvgIpc) is 2.55. The van der Waals surface area contributed by atoms with Crippen LogP contribution in [0.4, 0.5) is 5.69 Å². The zero-order valence-electron chi connectivity index (χ0n) is 14.0. The fourth-order valence-corrected chi connectivity index (χ4v) is 2.53. The number of ether oxygens (including phenoxy) is 2. The van der Waals surface area contributed by atoms with Crippen LogP contribution in [0.15, 0.2) is 42.5 Å². The highest BCUT2D eigenvalue weighted by Gasteiger charge is 2.11. The molecule has 2 aromatic rings. The Morgan fingerprint density at radius 3 is 2.46 bits per heavy atom. The predicted octanol–water partition coefficient (Wildman–Crippen LogP) is 3.43. The number of hydrogen-bond acceptors (Lipinski definition) is 4. The van der Waals surface area contributed by atoms with Gasteiger partial charge in [0.15, 0.2) is 0 Å². The van der Waals surface area contributed by atoms with Gasteiger partial charge < -0.3 is 14.8 Å². The van der Waals surface area contributed by atoms with Gasteiger partial charge in [0.1, 0.15) is 11.5 Å². The molecule has 5 nitrogen and oxygen atoms in total. The number of amides is 1. The van der Waals surface area contributed by atoms with Crippen LogP contribution in [0.25, 0.3) is 0 Å². The molecule has 0 radical (unpaired) electrons. The summed E-state index contributed by atoms with van der Waals surface area (Å²) >= 11 is 6.03. The maximum absolute atomic E-state index is 12.1. The molecule has 0 spiro atoms. The van der Waals surface area contributed by atoms with Crippen LogP contribution in [0.3, 0.4) is 0 Å². The number of carbonyl (C=O) groups excluding carboxylic acids is 1. The third-order valence-electron chi connectivity index (χ3n) is 3.47. The van der Waals surface area contributed by atoms with Gasteiger partial charge in [0, 0.05) is 22.8 Å². The van der Waals surface area contributed by atoms with Crippen LogP contribution in [-0.2, 0) is 11.3 Å². The van der Waals surface area contributed by atoms with E-state index >= 15 is 0 Å². The first-order valence-electron chi connectivity index (χ1n) is 7.46. The number of carbonyl (C=O) groups is 1. The van der Waals surface area contributed by atoms with Crippen LogP contribution in [0.5, 0.6) is 11.5 Å². The van der Waals surface area contributed by atoms with Crippen LogP contribution < -0.4 is 14.8 Å². The quantitative estimate of drug-likeness (QED) is 0.833. The van der Waals surface area contributed by atoms with E-state index < -0.39 is 0 Å². The third kappa shape index (κ3) is 5.15. The average molecular weight is 349 g/mol. The molecule has 2 aromatic carbocycles. The number of hydrogen-bond donors (Lipinski definition) is 1. The molecule has 0 saturated heterocycles. The molecule has 0 aliphatic carbocycles. The van der Waals surface area contributed by atoms with E-state index in [1.54, 1.807) is 44.6 Å². The van der Waals surface area contributed by atoms with E-state index in [1.165, 1.54) is 0 Å². The monoisotopic (exact) mass is 348 g/mol. The molecule has 0 aromatic heterocycles. The molecule has 2 rings (SSSR count). The summed E-state index contributed by atoms with van der Waals surface area (Å²) in [6.07, 6.45) is 0. The first-order valence-corrected chi connectivity index (χ1v) is 7.84. The molecule has 0 unspecified atom stereocenters. The van der Waals surface area contributed by atoms with E-state index in [2.05, 4.69) is 5.32 Å². The summed E-state index contributed by atoms with van der Waals surface area (Å²) < 4.78 is 10.4. The number of rotatable bonds is 7. The number of nitrogens with zero attached hydrogens (tertiary/aromatic N) is 1. The fourth-order valence-electron chi connectivity index (χ4n) is 2.34.